The average molecular weight is 363 g/mol. The van der Waals surface area contributed by atoms with Crippen LogP contribution in [0.15, 0.2) is 23.8 Å². The van der Waals surface area contributed by atoms with Gasteiger partial charge in [-0.05, 0) is 36.0 Å². The molecule has 0 bridgehead atoms. The number of benzene rings is 1. The minimum atomic E-state index is -0.495. The largest absolute Gasteiger partial charge is 0.378 e. The zero-order valence-electron chi connectivity index (χ0n) is 14.0. The van der Waals surface area contributed by atoms with E-state index in [4.69, 9.17) is 17.0 Å². The molecule has 2 heterocycles. The highest BCUT2D eigenvalue weighted by Crippen LogP contribution is 2.24. The Morgan fingerprint density at radius 3 is 2.28 bits per heavy atom. The molecule has 0 N–H and O–H groups in total. The van der Waals surface area contributed by atoms with Gasteiger partial charge in [-0.1, -0.05) is 6.07 Å². The van der Waals surface area contributed by atoms with Crippen molar-refractivity contribution >= 4 is 40.9 Å². The van der Waals surface area contributed by atoms with Crippen molar-refractivity contribution in [1.82, 2.24) is 9.80 Å². The average Bonchev–Trinajstić information content (AvgIpc) is 2.63. The minimum Gasteiger partial charge on any atom is -0.378 e. The summed E-state index contributed by atoms with van der Waals surface area (Å²) in [5.41, 5.74) is 0.889. The Hall–Kier alpha value is -2.32. The molecule has 0 radical (unpaired) electrons. The van der Waals surface area contributed by atoms with E-state index in [9.17, 15) is 14.0 Å². The molecule has 0 unspecified atom stereocenters. The van der Waals surface area contributed by atoms with Crippen LogP contribution in [0.5, 0.6) is 0 Å². The highest BCUT2D eigenvalue weighted by molar-refractivity contribution is 7.80. The van der Waals surface area contributed by atoms with Gasteiger partial charge in [0.1, 0.15) is 11.4 Å². The Balaban J connectivity index is 1.90. The first-order chi connectivity index (χ1) is 11.9. The molecule has 0 aliphatic carbocycles. The lowest BCUT2D eigenvalue weighted by Gasteiger charge is -2.31. The first-order valence-electron chi connectivity index (χ1n) is 7.84. The molecule has 25 heavy (non-hydrogen) atoms. The number of morpholine rings is 1. The molecular weight excluding hydrogens is 345 g/mol. The molecule has 0 atom stereocenters. The normalized spacial score (nSPS) is 18.9. The van der Waals surface area contributed by atoms with Crippen LogP contribution in [-0.2, 0) is 14.3 Å². The fourth-order valence-corrected chi connectivity index (χ4v) is 2.98. The lowest BCUT2D eigenvalue weighted by Crippen LogP contribution is -2.52. The number of rotatable bonds is 2. The van der Waals surface area contributed by atoms with Crippen molar-refractivity contribution in [3.63, 3.8) is 0 Å². The van der Waals surface area contributed by atoms with Gasteiger partial charge in [-0.2, -0.15) is 0 Å². The van der Waals surface area contributed by atoms with Crippen molar-refractivity contribution in [1.29, 1.82) is 0 Å². The molecule has 0 saturated carbocycles. The number of carbonyl (C=O) groups is 2. The van der Waals surface area contributed by atoms with Crippen molar-refractivity contribution in [2.24, 2.45) is 0 Å². The molecule has 0 spiro atoms. The lowest BCUT2D eigenvalue weighted by atomic mass is 10.1. The summed E-state index contributed by atoms with van der Waals surface area (Å²) >= 11 is 5.04. The summed E-state index contributed by atoms with van der Waals surface area (Å²) < 4.78 is 19.7. The topological polar surface area (TPSA) is 53.1 Å². The summed E-state index contributed by atoms with van der Waals surface area (Å²) in [7, 11) is 3.01. The number of anilines is 1. The van der Waals surface area contributed by atoms with Crippen molar-refractivity contribution in [3.05, 3.63) is 35.2 Å². The standard InChI is InChI=1S/C17H18FN3O3S/c1-19-15(22)12(16(23)20(2)17(19)25)9-11-3-4-14(13(18)10-11)21-5-7-24-8-6-21/h3-4,9-10H,5-8H2,1-2H3. The van der Waals surface area contributed by atoms with Gasteiger partial charge in [0.05, 0.1) is 18.9 Å². The first-order valence-corrected chi connectivity index (χ1v) is 8.25. The fourth-order valence-electron chi connectivity index (χ4n) is 2.82. The molecule has 0 aromatic heterocycles. The van der Waals surface area contributed by atoms with E-state index in [0.29, 0.717) is 37.6 Å². The van der Waals surface area contributed by atoms with Crippen LogP contribution in [-0.4, -0.2) is 67.1 Å². The number of nitrogens with zero attached hydrogens (tertiary/aromatic N) is 3. The highest BCUT2D eigenvalue weighted by Gasteiger charge is 2.35. The maximum Gasteiger partial charge on any atom is 0.265 e. The monoisotopic (exact) mass is 363 g/mol. The summed E-state index contributed by atoms with van der Waals surface area (Å²) in [6.45, 7) is 2.38. The molecule has 3 rings (SSSR count). The summed E-state index contributed by atoms with van der Waals surface area (Å²) in [4.78, 5) is 29.0. The van der Waals surface area contributed by atoms with Gasteiger partial charge in [-0.15, -0.1) is 0 Å². The van der Waals surface area contributed by atoms with Crippen LogP contribution < -0.4 is 4.90 Å². The Bertz CT molecular complexity index is 748. The Morgan fingerprint density at radius 2 is 1.72 bits per heavy atom. The maximum absolute atomic E-state index is 14.5. The second-order valence-corrected chi connectivity index (χ2v) is 6.24. The second kappa shape index (κ2) is 6.89. The minimum absolute atomic E-state index is 0.0443. The number of hydrogen-bond donors (Lipinski definition) is 0. The van der Waals surface area contributed by atoms with Gasteiger partial charge in [-0.25, -0.2) is 4.39 Å². The third-order valence-corrected chi connectivity index (χ3v) is 4.83. The highest BCUT2D eigenvalue weighted by atomic mass is 32.1. The van der Waals surface area contributed by atoms with Crippen LogP contribution in [0.25, 0.3) is 6.08 Å². The summed E-state index contributed by atoms with van der Waals surface area (Å²) in [5.74, 6) is -1.39. The van der Waals surface area contributed by atoms with Crippen LogP contribution >= 0.6 is 12.2 Å². The van der Waals surface area contributed by atoms with E-state index in [-0.39, 0.29) is 10.7 Å². The van der Waals surface area contributed by atoms with Gasteiger partial charge >= 0.3 is 0 Å². The maximum atomic E-state index is 14.5. The predicted molar refractivity (Wildman–Crippen MR) is 95.5 cm³/mol. The predicted octanol–water partition coefficient (Wildman–Crippen LogP) is 1.26. The number of thiocarbonyl (C=S) groups is 1. The Kier molecular flexibility index (Phi) is 4.82. The number of hydrogen-bond acceptors (Lipinski definition) is 5. The zero-order chi connectivity index (χ0) is 18.1. The molecule has 8 heteroatoms. The first kappa shape index (κ1) is 17.5. The molecule has 6 nitrogen and oxygen atoms in total. The van der Waals surface area contributed by atoms with E-state index in [2.05, 4.69) is 0 Å². The third kappa shape index (κ3) is 3.27. The zero-order valence-corrected chi connectivity index (χ0v) is 14.8. The molecular formula is C17H18FN3O3S. The molecule has 2 aliphatic rings. The Morgan fingerprint density at radius 1 is 1.12 bits per heavy atom. The van der Waals surface area contributed by atoms with Crippen LogP contribution in [0, 0.1) is 5.82 Å². The van der Waals surface area contributed by atoms with Crippen molar-refractivity contribution in [2.45, 2.75) is 0 Å². The van der Waals surface area contributed by atoms with Gasteiger partial charge in [-0.3, -0.25) is 19.4 Å². The van der Waals surface area contributed by atoms with Crippen LogP contribution in [0.1, 0.15) is 5.56 Å². The van der Waals surface area contributed by atoms with E-state index in [1.807, 2.05) is 4.90 Å². The molecule has 2 saturated heterocycles. The Labute approximate surface area is 150 Å². The molecule has 1 aromatic rings. The van der Waals surface area contributed by atoms with Crippen LogP contribution in [0.3, 0.4) is 0 Å². The fraction of sp³-hybridized carbons (Fsp3) is 0.353. The SMILES string of the molecule is CN1C(=O)C(=Cc2ccc(N3CCOCC3)c(F)c2)C(=O)N(C)C1=S. The van der Waals surface area contributed by atoms with E-state index in [1.165, 1.54) is 36.0 Å². The molecule has 2 amide bonds. The van der Waals surface area contributed by atoms with Gasteiger partial charge in [0.2, 0.25) is 0 Å². The summed E-state index contributed by atoms with van der Waals surface area (Å²) in [5, 5.41) is 0.140. The number of amides is 2. The number of halogens is 1. The van der Waals surface area contributed by atoms with Gasteiger partial charge in [0.15, 0.2) is 5.11 Å². The van der Waals surface area contributed by atoms with Crippen LogP contribution in [0.2, 0.25) is 0 Å². The quantitative estimate of drug-likeness (QED) is 0.450. The van der Waals surface area contributed by atoms with Crippen molar-refractivity contribution in [3.8, 4) is 0 Å². The van der Waals surface area contributed by atoms with Crippen LogP contribution in [0.4, 0.5) is 10.1 Å². The molecule has 2 aliphatic heterocycles. The summed E-state index contributed by atoms with van der Waals surface area (Å²) in [6, 6.07) is 4.67. The van der Waals surface area contributed by atoms with E-state index >= 15 is 0 Å². The van der Waals surface area contributed by atoms with Gasteiger partial charge in [0, 0.05) is 27.2 Å². The molecule has 2 fully saturated rings. The van der Waals surface area contributed by atoms with E-state index in [0.717, 1.165) is 0 Å². The third-order valence-electron chi connectivity index (χ3n) is 4.28. The van der Waals surface area contributed by atoms with Crippen molar-refractivity contribution < 1.29 is 18.7 Å². The van der Waals surface area contributed by atoms with Gasteiger partial charge < -0.3 is 9.64 Å². The van der Waals surface area contributed by atoms with E-state index in [1.54, 1.807) is 12.1 Å². The van der Waals surface area contributed by atoms with Crippen molar-refractivity contribution in [2.75, 3.05) is 45.3 Å². The molecule has 1 aromatic carbocycles. The summed E-state index contributed by atoms with van der Waals surface area (Å²) in [6.07, 6.45) is 1.39. The smallest absolute Gasteiger partial charge is 0.265 e. The number of likely N-dealkylation sites (N-methyl/N-ethyl adjacent to an activating group) is 2. The van der Waals surface area contributed by atoms with Gasteiger partial charge in [0.25, 0.3) is 11.8 Å². The molecule has 132 valence electrons. The number of carbonyl (C=O) groups excluding carboxylic acids is 2. The lowest BCUT2D eigenvalue weighted by molar-refractivity contribution is -0.132. The van der Waals surface area contributed by atoms with E-state index < -0.39 is 17.6 Å². The number of ether oxygens (including phenoxy) is 1. The second-order valence-electron chi connectivity index (χ2n) is 5.88.